The van der Waals surface area contributed by atoms with Gasteiger partial charge in [0.25, 0.3) is 5.69 Å². The lowest BCUT2D eigenvalue weighted by Gasteiger charge is -2.12. The Morgan fingerprint density at radius 1 is 1.65 bits per heavy atom. The largest absolute Gasteiger partial charge is 0.376 e. The number of hydrogen-bond acceptors (Lipinski definition) is 4. The third-order valence-electron chi connectivity index (χ3n) is 2.15. The Hall–Kier alpha value is -2.53. The summed E-state index contributed by atoms with van der Waals surface area (Å²) < 4.78 is 0. The third-order valence-corrected chi connectivity index (χ3v) is 2.15. The van der Waals surface area contributed by atoms with Crippen molar-refractivity contribution in [1.29, 1.82) is 5.26 Å². The Bertz CT molecular complexity index is 511. The number of nitro groups is 1. The molecule has 1 rings (SSSR count). The molecule has 1 aromatic carbocycles. The van der Waals surface area contributed by atoms with Crippen molar-refractivity contribution in [3.63, 3.8) is 0 Å². The number of terminal acetylenes is 1. The minimum absolute atomic E-state index is 0.0622. The van der Waals surface area contributed by atoms with Crippen LogP contribution in [0.4, 0.5) is 11.4 Å². The quantitative estimate of drug-likeness (QED) is 0.488. The summed E-state index contributed by atoms with van der Waals surface area (Å²) >= 11 is 0. The first-order chi connectivity index (χ1) is 8.08. The van der Waals surface area contributed by atoms with E-state index in [0.29, 0.717) is 17.7 Å². The van der Waals surface area contributed by atoms with Crippen LogP contribution >= 0.6 is 0 Å². The van der Waals surface area contributed by atoms with Gasteiger partial charge in [0.15, 0.2) is 0 Å². The fraction of sp³-hybridized carbons (Fsp3) is 0.250. The molecule has 0 aliphatic rings. The summed E-state index contributed by atoms with van der Waals surface area (Å²) in [5.41, 5.74) is 0.621. The van der Waals surface area contributed by atoms with E-state index in [1.807, 2.05) is 13.0 Å². The number of nitro benzene ring substituents is 1. The van der Waals surface area contributed by atoms with Gasteiger partial charge in [0.1, 0.15) is 5.69 Å². The molecule has 5 nitrogen and oxygen atoms in total. The standard InChI is InChI=1S/C12H11N3O2/c1-3-4-9(2)14-11-7-10(8-13)5-6-12(11)15(16)17/h1,5-7,9,14H,4H2,2H3. The first kappa shape index (κ1) is 12.5. The van der Waals surface area contributed by atoms with E-state index in [9.17, 15) is 10.1 Å². The Balaban J connectivity index is 3.07. The lowest BCUT2D eigenvalue weighted by molar-refractivity contribution is -0.384. The average molecular weight is 229 g/mol. The van der Waals surface area contributed by atoms with Gasteiger partial charge in [-0.1, -0.05) is 0 Å². The van der Waals surface area contributed by atoms with Crippen molar-refractivity contribution in [3.05, 3.63) is 33.9 Å². The van der Waals surface area contributed by atoms with E-state index >= 15 is 0 Å². The van der Waals surface area contributed by atoms with Crippen molar-refractivity contribution in [2.75, 3.05) is 5.32 Å². The molecule has 1 unspecified atom stereocenters. The van der Waals surface area contributed by atoms with Gasteiger partial charge < -0.3 is 5.32 Å². The number of nitrogens with one attached hydrogen (secondary N) is 1. The number of rotatable bonds is 4. The SMILES string of the molecule is C#CCC(C)Nc1cc(C#N)ccc1[N+](=O)[O-]. The van der Waals surface area contributed by atoms with E-state index < -0.39 is 4.92 Å². The molecule has 0 aliphatic heterocycles. The highest BCUT2D eigenvalue weighted by atomic mass is 16.6. The molecule has 0 spiro atoms. The fourth-order valence-corrected chi connectivity index (χ4v) is 1.37. The molecule has 1 N–H and O–H groups in total. The van der Waals surface area contributed by atoms with Gasteiger partial charge in [-0.05, 0) is 19.1 Å². The summed E-state index contributed by atoms with van der Waals surface area (Å²) in [7, 11) is 0. The zero-order valence-electron chi connectivity index (χ0n) is 9.30. The van der Waals surface area contributed by atoms with Gasteiger partial charge in [-0.25, -0.2) is 0 Å². The fourth-order valence-electron chi connectivity index (χ4n) is 1.37. The number of nitriles is 1. The first-order valence-corrected chi connectivity index (χ1v) is 4.97. The summed E-state index contributed by atoms with van der Waals surface area (Å²) in [6.45, 7) is 1.82. The number of nitrogens with zero attached hydrogens (tertiary/aromatic N) is 2. The molecule has 0 saturated carbocycles. The van der Waals surface area contributed by atoms with Crippen molar-refractivity contribution < 1.29 is 4.92 Å². The van der Waals surface area contributed by atoms with Crippen LogP contribution in [0.2, 0.25) is 0 Å². The summed E-state index contributed by atoms with van der Waals surface area (Å²) in [5, 5.41) is 22.5. The van der Waals surface area contributed by atoms with Gasteiger partial charge in [-0.3, -0.25) is 10.1 Å². The van der Waals surface area contributed by atoms with Gasteiger partial charge in [0.05, 0.1) is 16.6 Å². The van der Waals surface area contributed by atoms with E-state index in [1.165, 1.54) is 18.2 Å². The molecular formula is C12H11N3O2. The number of hydrogen-bond donors (Lipinski definition) is 1. The lowest BCUT2D eigenvalue weighted by atomic mass is 10.1. The summed E-state index contributed by atoms with van der Waals surface area (Å²) in [6.07, 6.45) is 5.61. The second-order valence-electron chi connectivity index (χ2n) is 3.55. The maximum Gasteiger partial charge on any atom is 0.292 e. The summed E-state index contributed by atoms with van der Waals surface area (Å²) in [6, 6.07) is 6.02. The predicted molar refractivity (Wildman–Crippen MR) is 64.3 cm³/mol. The van der Waals surface area contributed by atoms with Crippen molar-refractivity contribution in [2.45, 2.75) is 19.4 Å². The molecule has 1 aromatic rings. The van der Waals surface area contributed by atoms with Gasteiger partial charge in [0, 0.05) is 18.5 Å². The van der Waals surface area contributed by atoms with Crippen LogP contribution in [0.25, 0.3) is 0 Å². The van der Waals surface area contributed by atoms with Crippen LogP contribution in [0.3, 0.4) is 0 Å². The molecule has 0 amide bonds. The van der Waals surface area contributed by atoms with Crippen molar-refractivity contribution in [3.8, 4) is 18.4 Å². The Labute approximate surface area is 99.2 Å². The molecule has 17 heavy (non-hydrogen) atoms. The Kier molecular flexibility index (Phi) is 4.08. The van der Waals surface area contributed by atoms with Gasteiger partial charge in [0.2, 0.25) is 0 Å². The van der Waals surface area contributed by atoms with Gasteiger partial charge in [-0.15, -0.1) is 12.3 Å². The highest BCUT2D eigenvalue weighted by molar-refractivity contribution is 5.64. The normalized spacial score (nSPS) is 11.0. The summed E-state index contributed by atoms with van der Waals surface area (Å²) in [5.74, 6) is 2.47. The van der Waals surface area contributed by atoms with Crippen LogP contribution in [-0.4, -0.2) is 11.0 Å². The maximum atomic E-state index is 10.8. The van der Waals surface area contributed by atoms with E-state index in [0.717, 1.165) is 0 Å². The summed E-state index contributed by atoms with van der Waals surface area (Å²) in [4.78, 5) is 10.3. The van der Waals surface area contributed by atoms with Gasteiger partial charge in [-0.2, -0.15) is 5.26 Å². The predicted octanol–water partition coefficient (Wildman–Crippen LogP) is 2.29. The number of benzene rings is 1. The van der Waals surface area contributed by atoms with Crippen LogP contribution in [-0.2, 0) is 0 Å². The molecule has 0 aromatic heterocycles. The molecule has 0 saturated heterocycles. The number of anilines is 1. The van der Waals surface area contributed by atoms with E-state index in [1.54, 1.807) is 0 Å². The third kappa shape index (κ3) is 3.22. The molecule has 1 atom stereocenters. The van der Waals surface area contributed by atoms with E-state index in [2.05, 4.69) is 11.2 Å². The second kappa shape index (κ2) is 5.53. The highest BCUT2D eigenvalue weighted by Gasteiger charge is 2.15. The molecule has 0 fully saturated rings. The monoisotopic (exact) mass is 229 g/mol. The van der Waals surface area contributed by atoms with Crippen LogP contribution in [0.1, 0.15) is 18.9 Å². The van der Waals surface area contributed by atoms with Gasteiger partial charge >= 0.3 is 0 Å². The Morgan fingerprint density at radius 3 is 2.88 bits per heavy atom. The minimum atomic E-state index is -0.494. The average Bonchev–Trinajstić information content (AvgIpc) is 2.28. The zero-order valence-corrected chi connectivity index (χ0v) is 9.30. The molecule has 0 heterocycles. The highest BCUT2D eigenvalue weighted by Crippen LogP contribution is 2.26. The topological polar surface area (TPSA) is 79.0 Å². The van der Waals surface area contributed by atoms with E-state index in [-0.39, 0.29) is 11.7 Å². The van der Waals surface area contributed by atoms with Crippen molar-refractivity contribution in [1.82, 2.24) is 0 Å². The molecular weight excluding hydrogens is 218 g/mol. The van der Waals surface area contributed by atoms with E-state index in [4.69, 9.17) is 11.7 Å². The Morgan fingerprint density at radius 2 is 2.35 bits per heavy atom. The molecule has 0 radical (unpaired) electrons. The van der Waals surface area contributed by atoms with Crippen molar-refractivity contribution >= 4 is 11.4 Å². The van der Waals surface area contributed by atoms with Crippen LogP contribution < -0.4 is 5.32 Å². The van der Waals surface area contributed by atoms with Crippen molar-refractivity contribution in [2.24, 2.45) is 0 Å². The van der Waals surface area contributed by atoms with Crippen LogP contribution in [0.15, 0.2) is 18.2 Å². The minimum Gasteiger partial charge on any atom is -0.376 e. The maximum absolute atomic E-state index is 10.8. The zero-order chi connectivity index (χ0) is 12.8. The molecule has 86 valence electrons. The molecule has 5 heteroatoms. The lowest BCUT2D eigenvalue weighted by Crippen LogP contribution is -2.15. The second-order valence-corrected chi connectivity index (χ2v) is 3.55. The smallest absolute Gasteiger partial charge is 0.292 e. The first-order valence-electron chi connectivity index (χ1n) is 4.97. The van der Waals surface area contributed by atoms with Crippen LogP contribution in [0, 0.1) is 33.8 Å². The molecule has 0 bridgehead atoms. The molecule has 0 aliphatic carbocycles. The van der Waals surface area contributed by atoms with Crippen LogP contribution in [0.5, 0.6) is 0 Å².